The second-order valence-electron chi connectivity index (χ2n) is 4.77. The summed E-state index contributed by atoms with van der Waals surface area (Å²) >= 11 is 6.44. The Bertz CT molecular complexity index is 171. The van der Waals surface area contributed by atoms with Gasteiger partial charge in [0.25, 0.3) is 0 Å². The van der Waals surface area contributed by atoms with Gasteiger partial charge in [-0.3, -0.25) is 0 Å². The fraction of sp³-hybridized carbons (Fsp3) is 1.00. The second-order valence-corrected chi connectivity index (χ2v) is 7.70. The van der Waals surface area contributed by atoms with Crippen LogP contribution in [0.25, 0.3) is 5.32 Å². The molecule has 2 nitrogen and oxygen atoms in total. The Labute approximate surface area is 175 Å². The maximum atomic E-state index is 4.39. The fourth-order valence-electron chi connectivity index (χ4n) is 1.21. The molecular weight excluding hydrogens is 328 g/mol. The first-order chi connectivity index (χ1) is 7.87. The molecule has 0 spiro atoms. The van der Waals surface area contributed by atoms with Crippen molar-refractivity contribution in [3.63, 3.8) is 0 Å². The fourth-order valence-corrected chi connectivity index (χ4v) is 3.87. The zero-order valence-corrected chi connectivity index (χ0v) is 19.3. The van der Waals surface area contributed by atoms with Crippen molar-refractivity contribution in [3.05, 3.63) is 5.32 Å². The minimum atomic E-state index is 0. The third-order valence-electron chi connectivity index (χ3n) is 2.25. The summed E-state index contributed by atoms with van der Waals surface area (Å²) < 4.78 is 0. The van der Waals surface area contributed by atoms with Gasteiger partial charge in [0.2, 0.25) is 0 Å². The number of rotatable bonds is 8. The minimum Gasteiger partial charge on any atom is -0.660 e. The molecule has 0 N–H and O–H groups in total. The van der Waals surface area contributed by atoms with Crippen LogP contribution in [0.15, 0.2) is 0 Å². The number of nitrogens with zero attached hydrogens (tertiary/aromatic N) is 2. The Morgan fingerprint density at radius 2 is 1.78 bits per heavy atom. The van der Waals surface area contributed by atoms with Gasteiger partial charge in [-0.25, -0.2) is 0 Å². The molecule has 0 radical (unpaired) electrons. The van der Waals surface area contributed by atoms with Crippen LogP contribution < -0.4 is 51.4 Å². The first-order valence-corrected chi connectivity index (χ1v) is 9.59. The minimum absolute atomic E-state index is 0. The predicted molar refractivity (Wildman–Crippen MR) is 94.0 cm³/mol. The van der Waals surface area contributed by atoms with Crippen LogP contribution in [0.4, 0.5) is 0 Å². The standard InChI is InChI=1S/C11H25N2S2.K.H2S2/c1-10(9-11(2,3)12-4)15-14-8-7-13(5)6;;1-2/h10H,7-9H2,1-6H3;;1-2H/q-1;+1;. The molecule has 0 aromatic rings. The monoisotopic (exact) mass is 354 g/mol. The van der Waals surface area contributed by atoms with Gasteiger partial charge >= 0.3 is 51.4 Å². The number of hydrogen-bond donors (Lipinski definition) is 2. The summed E-state index contributed by atoms with van der Waals surface area (Å²) in [5, 5.41) is 5.06. The Morgan fingerprint density at radius 1 is 1.28 bits per heavy atom. The molecule has 1 atom stereocenters. The van der Waals surface area contributed by atoms with Gasteiger partial charge in [0.1, 0.15) is 0 Å². The molecule has 0 fully saturated rings. The summed E-state index contributed by atoms with van der Waals surface area (Å²) in [6.45, 7) is 7.86. The normalized spacial score (nSPS) is 12.5. The molecule has 0 aliphatic heterocycles. The van der Waals surface area contributed by atoms with Crippen LogP contribution in [0.5, 0.6) is 0 Å². The van der Waals surface area contributed by atoms with Crippen molar-refractivity contribution in [1.29, 1.82) is 0 Å². The first-order valence-electron chi connectivity index (χ1n) is 5.61. The van der Waals surface area contributed by atoms with Crippen LogP contribution >= 0.6 is 44.9 Å². The zero-order chi connectivity index (χ0) is 13.9. The Balaban J connectivity index is -0.000000709. The first kappa shape index (κ1) is 25.9. The van der Waals surface area contributed by atoms with Gasteiger partial charge in [0, 0.05) is 17.5 Å². The van der Waals surface area contributed by atoms with Gasteiger partial charge in [0.15, 0.2) is 0 Å². The van der Waals surface area contributed by atoms with Crippen molar-refractivity contribution in [3.8, 4) is 0 Å². The van der Waals surface area contributed by atoms with Crippen molar-refractivity contribution >= 4 is 44.9 Å². The van der Waals surface area contributed by atoms with Gasteiger partial charge in [-0.05, 0) is 14.1 Å². The molecule has 0 aliphatic carbocycles. The van der Waals surface area contributed by atoms with Crippen molar-refractivity contribution in [1.82, 2.24) is 4.90 Å². The molecule has 7 heteroatoms. The van der Waals surface area contributed by atoms with E-state index in [1.807, 2.05) is 28.6 Å². The summed E-state index contributed by atoms with van der Waals surface area (Å²) in [6, 6.07) is 0. The van der Waals surface area contributed by atoms with Gasteiger partial charge < -0.3 is 10.2 Å². The molecule has 0 saturated heterocycles. The zero-order valence-electron chi connectivity index (χ0n) is 12.8. The predicted octanol–water partition coefficient (Wildman–Crippen LogP) is 1.26. The van der Waals surface area contributed by atoms with Crippen LogP contribution in [0.2, 0.25) is 0 Å². The summed E-state index contributed by atoms with van der Waals surface area (Å²) in [7, 11) is 10.1. The molecule has 0 rings (SSSR count). The van der Waals surface area contributed by atoms with E-state index < -0.39 is 0 Å². The van der Waals surface area contributed by atoms with Crippen molar-refractivity contribution < 1.29 is 51.4 Å². The molecule has 106 valence electrons. The third kappa shape index (κ3) is 19.0. The molecule has 18 heavy (non-hydrogen) atoms. The number of thiol groups is 2. The van der Waals surface area contributed by atoms with E-state index in [-0.39, 0.29) is 56.9 Å². The van der Waals surface area contributed by atoms with Gasteiger partial charge in [0.05, 0.1) is 0 Å². The van der Waals surface area contributed by atoms with E-state index >= 15 is 0 Å². The third-order valence-corrected chi connectivity index (χ3v) is 5.12. The Hall–Kier alpha value is 2.96. The molecule has 0 saturated carbocycles. The van der Waals surface area contributed by atoms with E-state index in [0.717, 1.165) is 13.0 Å². The molecule has 0 heterocycles. The summed E-state index contributed by atoms with van der Waals surface area (Å²) in [4.78, 5) is 2.23. The van der Waals surface area contributed by atoms with E-state index in [9.17, 15) is 0 Å². The van der Waals surface area contributed by atoms with Crippen LogP contribution in [-0.2, 0) is 0 Å². The van der Waals surface area contributed by atoms with Crippen LogP contribution in [0.1, 0.15) is 27.2 Å². The van der Waals surface area contributed by atoms with E-state index in [1.54, 1.807) is 0 Å². The molecular formula is C11H27KN2S4. The number of hydrogen-bond acceptors (Lipinski definition) is 5. The van der Waals surface area contributed by atoms with E-state index in [0.29, 0.717) is 5.25 Å². The summed E-state index contributed by atoms with van der Waals surface area (Å²) in [6.07, 6.45) is 1.16. The van der Waals surface area contributed by atoms with Crippen molar-refractivity contribution in [2.75, 3.05) is 33.4 Å². The van der Waals surface area contributed by atoms with Crippen molar-refractivity contribution in [2.24, 2.45) is 0 Å². The average Bonchev–Trinajstić information content (AvgIpc) is 2.26. The van der Waals surface area contributed by atoms with Gasteiger partial charge in [-0.2, -0.15) is 7.05 Å². The van der Waals surface area contributed by atoms with Gasteiger partial charge in [-0.1, -0.05) is 48.8 Å². The topological polar surface area (TPSA) is 17.3 Å². The summed E-state index contributed by atoms with van der Waals surface area (Å²) in [5.74, 6) is 1.20. The Kier molecular flexibility index (Phi) is 23.5. The average molecular weight is 355 g/mol. The molecule has 0 aromatic carbocycles. The maximum absolute atomic E-state index is 4.39. The smallest absolute Gasteiger partial charge is 0.660 e. The van der Waals surface area contributed by atoms with E-state index in [2.05, 4.69) is 68.4 Å². The van der Waals surface area contributed by atoms with Crippen LogP contribution in [0, 0.1) is 0 Å². The summed E-state index contributed by atoms with van der Waals surface area (Å²) in [5.41, 5.74) is 0.133. The quantitative estimate of drug-likeness (QED) is 0.296. The molecule has 0 bridgehead atoms. The second kappa shape index (κ2) is 16.3. The SMILES string of the molecule is C[N-]C(C)(C)CC(C)SSCCN(C)C.SS.[K+]. The van der Waals surface area contributed by atoms with E-state index in [4.69, 9.17) is 0 Å². The molecule has 1 unspecified atom stereocenters. The van der Waals surface area contributed by atoms with Crippen LogP contribution in [0.3, 0.4) is 0 Å². The van der Waals surface area contributed by atoms with Gasteiger partial charge in [-0.15, -0.1) is 28.9 Å². The molecule has 0 aromatic heterocycles. The molecule has 0 aliphatic rings. The van der Waals surface area contributed by atoms with E-state index in [1.165, 1.54) is 5.75 Å². The molecule has 0 amide bonds. The van der Waals surface area contributed by atoms with Crippen molar-refractivity contribution in [2.45, 2.75) is 38.0 Å². The maximum Gasteiger partial charge on any atom is 1.00 e. The van der Waals surface area contributed by atoms with Crippen LogP contribution in [-0.4, -0.2) is 49.1 Å². The largest absolute Gasteiger partial charge is 1.00 e. The Morgan fingerprint density at radius 3 is 2.17 bits per heavy atom.